The zero-order chi connectivity index (χ0) is 21.1. The Bertz CT molecular complexity index is 1030. The number of nitrogens with one attached hydrogen (secondary N) is 1. The summed E-state index contributed by atoms with van der Waals surface area (Å²) in [6.45, 7) is 7.26. The number of aryl methyl sites for hydroxylation is 1. The van der Waals surface area contributed by atoms with E-state index >= 15 is 0 Å². The number of nitrogens with zero attached hydrogens (tertiary/aromatic N) is 2. The van der Waals surface area contributed by atoms with Gasteiger partial charge in [-0.1, -0.05) is 12.1 Å². The van der Waals surface area contributed by atoms with Crippen molar-refractivity contribution in [1.82, 2.24) is 4.90 Å². The van der Waals surface area contributed by atoms with Crippen LogP contribution < -0.4 is 10.2 Å². The van der Waals surface area contributed by atoms with Gasteiger partial charge in [0, 0.05) is 43.1 Å². The molecular formula is C24H25N3O3. The van der Waals surface area contributed by atoms with Crippen LogP contribution in [0, 0.1) is 13.8 Å². The summed E-state index contributed by atoms with van der Waals surface area (Å²) in [6, 6.07) is 16.6. The Kier molecular flexibility index (Phi) is 5.57. The molecule has 1 fully saturated rings. The highest BCUT2D eigenvalue weighted by Crippen LogP contribution is 2.24. The van der Waals surface area contributed by atoms with Gasteiger partial charge in [0.2, 0.25) is 0 Å². The van der Waals surface area contributed by atoms with Gasteiger partial charge in [0.05, 0.1) is 6.26 Å². The van der Waals surface area contributed by atoms with E-state index in [0.29, 0.717) is 24.3 Å². The van der Waals surface area contributed by atoms with Gasteiger partial charge >= 0.3 is 0 Å². The second-order valence-corrected chi connectivity index (χ2v) is 7.51. The molecule has 1 N–H and O–H groups in total. The van der Waals surface area contributed by atoms with Gasteiger partial charge in [-0.2, -0.15) is 0 Å². The molecule has 3 aromatic rings. The topological polar surface area (TPSA) is 65.8 Å². The van der Waals surface area contributed by atoms with E-state index in [1.165, 1.54) is 23.1 Å². The third-order valence-electron chi connectivity index (χ3n) is 5.62. The van der Waals surface area contributed by atoms with E-state index in [2.05, 4.69) is 42.3 Å². The van der Waals surface area contributed by atoms with E-state index in [9.17, 15) is 9.59 Å². The van der Waals surface area contributed by atoms with Crippen molar-refractivity contribution < 1.29 is 14.0 Å². The van der Waals surface area contributed by atoms with Crippen molar-refractivity contribution >= 4 is 23.2 Å². The highest BCUT2D eigenvalue weighted by atomic mass is 16.3. The Morgan fingerprint density at radius 1 is 0.900 bits per heavy atom. The molecule has 1 aliphatic rings. The maximum atomic E-state index is 12.9. The smallest absolute Gasteiger partial charge is 0.291 e. The fourth-order valence-corrected chi connectivity index (χ4v) is 3.71. The predicted molar refractivity (Wildman–Crippen MR) is 117 cm³/mol. The largest absolute Gasteiger partial charge is 0.459 e. The first kappa shape index (κ1) is 19.8. The number of amides is 2. The second-order valence-electron chi connectivity index (χ2n) is 7.51. The van der Waals surface area contributed by atoms with E-state index in [1.807, 2.05) is 4.90 Å². The van der Waals surface area contributed by atoms with Gasteiger partial charge in [0.15, 0.2) is 5.76 Å². The lowest BCUT2D eigenvalue weighted by atomic mass is 10.1. The second kappa shape index (κ2) is 8.45. The molecule has 0 spiro atoms. The molecule has 0 radical (unpaired) electrons. The van der Waals surface area contributed by atoms with Crippen LogP contribution in [0.15, 0.2) is 65.3 Å². The van der Waals surface area contributed by atoms with Gasteiger partial charge in [-0.3, -0.25) is 9.59 Å². The van der Waals surface area contributed by atoms with E-state index in [1.54, 1.807) is 36.4 Å². The van der Waals surface area contributed by atoms with Crippen LogP contribution in [0.25, 0.3) is 0 Å². The van der Waals surface area contributed by atoms with E-state index in [-0.39, 0.29) is 17.6 Å². The lowest BCUT2D eigenvalue weighted by Gasteiger charge is -2.37. The number of anilines is 2. The van der Waals surface area contributed by atoms with Gasteiger partial charge in [0.25, 0.3) is 11.8 Å². The number of benzene rings is 2. The number of hydrogen-bond donors (Lipinski definition) is 1. The molecule has 0 aliphatic carbocycles. The maximum absolute atomic E-state index is 12.9. The van der Waals surface area contributed by atoms with Crippen LogP contribution in [0.3, 0.4) is 0 Å². The molecule has 1 aromatic heterocycles. The van der Waals surface area contributed by atoms with Crippen molar-refractivity contribution in [2.24, 2.45) is 0 Å². The lowest BCUT2D eigenvalue weighted by Crippen LogP contribution is -2.49. The molecule has 1 aliphatic heterocycles. The van der Waals surface area contributed by atoms with Crippen molar-refractivity contribution in [1.29, 1.82) is 0 Å². The molecule has 0 saturated carbocycles. The fourth-order valence-electron chi connectivity index (χ4n) is 3.71. The zero-order valence-electron chi connectivity index (χ0n) is 17.2. The molecule has 30 heavy (non-hydrogen) atoms. The SMILES string of the molecule is Cc1cccc(N2CCN(C(=O)c3ccc(NC(=O)c4ccco4)cc3)CC2)c1C. The Labute approximate surface area is 176 Å². The Hall–Kier alpha value is -3.54. The summed E-state index contributed by atoms with van der Waals surface area (Å²) in [4.78, 5) is 29.2. The molecule has 0 atom stereocenters. The minimum Gasteiger partial charge on any atom is -0.459 e. The average molecular weight is 403 g/mol. The quantitative estimate of drug-likeness (QED) is 0.712. The minimum atomic E-state index is -0.318. The van der Waals surface area contributed by atoms with Crippen molar-refractivity contribution in [3.63, 3.8) is 0 Å². The van der Waals surface area contributed by atoms with Crippen molar-refractivity contribution in [3.8, 4) is 0 Å². The number of rotatable bonds is 4. The van der Waals surface area contributed by atoms with Gasteiger partial charge in [0.1, 0.15) is 0 Å². The van der Waals surface area contributed by atoms with Crippen LogP contribution in [-0.2, 0) is 0 Å². The molecular weight excluding hydrogens is 378 g/mol. The van der Waals surface area contributed by atoms with Crippen LogP contribution in [0.4, 0.5) is 11.4 Å². The number of piperazine rings is 1. The lowest BCUT2D eigenvalue weighted by molar-refractivity contribution is 0.0746. The number of hydrogen-bond acceptors (Lipinski definition) is 4. The molecule has 0 bridgehead atoms. The minimum absolute atomic E-state index is 0.0134. The van der Waals surface area contributed by atoms with Crippen LogP contribution in [0.1, 0.15) is 32.0 Å². The summed E-state index contributed by atoms with van der Waals surface area (Å²) in [7, 11) is 0. The third kappa shape index (κ3) is 4.08. The maximum Gasteiger partial charge on any atom is 0.291 e. The van der Waals surface area contributed by atoms with Gasteiger partial charge in [-0.15, -0.1) is 0 Å². The summed E-state index contributed by atoms with van der Waals surface area (Å²) < 4.78 is 5.09. The summed E-state index contributed by atoms with van der Waals surface area (Å²) in [5, 5.41) is 2.76. The molecule has 0 unspecified atom stereocenters. The molecule has 1 saturated heterocycles. The summed E-state index contributed by atoms with van der Waals surface area (Å²) in [5.41, 5.74) is 5.06. The molecule has 2 amide bonds. The summed E-state index contributed by atoms with van der Waals surface area (Å²) in [6.07, 6.45) is 1.46. The third-order valence-corrected chi connectivity index (χ3v) is 5.62. The summed E-state index contributed by atoms with van der Waals surface area (Å²) >= 11 is 0. The van der Waals surface area contributed by atoms with E-state index in [0.717, 1.165) is 13.1 Å². The Morgan fingerprint density at radius 3 is 2.30 bits per heavy atom. The highest BCUT2D eigenvalue weighted by molar-refractivity contribution is 6.02. The average Bonchev–Trinajstić information content (AvgIpc) is 3.31. The Morgan fingerprint density at radius 2 is 1.63 bits per heavy atom. The highest BCUT2D eigenvalue weighted by Gasteiger charge is 2.23. The molecule has 6 heteroatoms. The van der Waals surface area contributed by atoms with Crippen molar-refractivity contribution in [2.45, 2.75) is 13.8 Å². The zero-order valence-corrected chi connectivity index (χ0v) is 17.2. The monoisotopic (exact) mass is 403 g/mol. The fraction of sp³-hybridized carbons (Fsp3) is 0.250. The van der Waals surface area contributed by atoms with Gasteiger partial charge in [-0.05, 0) is 67.4 Å². The molecule has 6 nitrogen and oxygen atoms in total. The van der Waals surface area contributed by atoms with Gasteiger partial charge in [-0.25, -0.2) is 0 Å². The first-order valence-electron chi connectivity index (χ1n) is 10.1. The number of furan rings is 1. The van der Waals surface area contributed by atoms with Crippen molar-refractivity contribution in [2.75, 3.05) is 36.4 Å². The molecule has 2 heterocycles. The van der Waals surface area contributed by atoms with Gasteiger partial charge < -0.3 is 19.5 Å². The van der Waals surface area contributed by atoms with Crippen LogP contribution >= 0.6 is 0 Å². The molecule has 4 rings (SSSR count). The van der Waals surface area contributed by atoms with Crippen LogP contribution in [-0.4, -0.2) is 42.9 Å². The van der Waals surface area contributed by atoms with E-state index < -0.39 is 0 Å². The number of carbonyl (C=O) groups excluding carboxylic acids is 2. The predicted octanol–water partition coefficient (Wildman–Crippen LogP) is 4.11. The van der Waals surface area contributed by atoms with Crippen molar-refractivity contribution in [3.05, 3.63) is 83.3 Å². The first-order valence-corrected chi connectivity index (χ1v) is 10.1. The molecule has 2 aromatic carbocycles. The standard InChI is InChI=1S/C24H25N3O3/c1-17-5-3-6-21(18(17)2)26-12-14-27(15-13-26)24(29)19-8-10-20(11-9-19)25-23(28)22-7-4-16-30-22/h3-11,16H,12-15H2,1-2H3,(H,25,28). The van der Waals surface area contributed by atoms with Crippen LogP contribution in [0.2, 0.25) is 0 Å². The molecule has 154 valence electrons. The normalized spacial score (nSPS) is 13.9. The number of carbonyl (C=O) groups is 2. The Balaban J connectivity index is 1.36. The van der Waals surface area contributed by atoms with Crippen LogP contribution in [0.5, 0.6) is 0 Å². The summed E-state index contributed by atoms with van der Waals surface area (Å²) in [5.74, 6) is -0.0574. The van der Waals surface area contributed by atoms with E-state index in [4.69, 9.17) is 4.42 Å². The first-order chi connectivity index (χ1) is 14.5.